The topological polar surface area (TPSA) is 54.0 Å². The van der Waals surface area contributed by atoms with Crippen LogP contribution in [0.2, 0.25) is 0 Å². The summed E-state index contributed by atoms with van der Waals surface area (Å²) in [5.41, 5.74) is -0.744. The number of rotatable bonds is 11. The van der Waals surface area contributed by atoms with Gasteiger partial charge in [-0.1, -0.05) is 13.3 Å². The molecule has 5 nitrogen and oxygen atoms in total. The number of halogens is 3. The van der Waals surface area contributed by atoms with Crippen LogP contribution < -0.4 is 9.47 Å². The summed E-state index contributed by atoms with van der Waals surface area (Å²) in [4.78, 5) is 11.9. The first-order valence-corrected chi connectivity index (χ1v) is 9.66. The second-order valence-corrected chi connectivity index (χ2v) is 6.49. The number of hydrogen-bond donors (Lipinski definition) is 0. The Balaban J connectivity index is 1.79. The Morgan fingerprint density at radius 2 is 1.47 bits per heavy atom. The van der Waals surface area contributed by atoms with Gasteiger partial charge in [-0.25, -0.2) is 4.79 Å². The Morgan fingerprint density at radius 1 is 0.900 bits per heavy atom. The third kappa shape index (κ3) is 7.94. The molecule has 30 heavy (non-hydrogen) atoms. The summed E-state index contributed by atoms with van der Waals surface area (Å²) in [6, 6.07) is 10.8. The number of esters is 1. The Hall–Kier alpha value is -2.74. The lowest BCUT2D eigenvalue weighted by molar-refractivity contribution is -0.152. The van der Waals surface area contributed by atoms with Crippen LogP contribution in [0.5, 0.6) is 17.2 Å². The molecular weight excluding hydrogens is 401 g/mol. The van der Waals surface area contributed by atoms with Crippen molar-refractivity contribution >= 4 is 5.97 Å². The second-order valence-electron chi connectivity index (χ2n) is 6.49. The smallest absolute Gasteiger partial charge is 0.416 e. The lowest BCUT2D eigenvalue weighted by atomic mass is 10.2. The summed E-state index contributed by atoms with van der Waals surface area (Å²) in [5, 5.41) is 0. The molecule has 0 radical (unpaired) electrons. The van der Waals surface area contributed by atoms with E-state index in [-0.39, 0.29) is 12.4 Å². The van der Waals surface area contributed by atoms with Crippen LogP contribution in [0.3, 0.4) is 0 Å². The first-order valence-electron chi connectivity index (χ1n) is 9.66. The summed E-state index contributed by atoms with van der Waals surface area (Å²) in [6.45, 7) is 4.79. The van der Waals surface area contributed by atoms with Gasteiger partial charge in [0.05, 0.1) is 12.2 Å². The molecule has 2 aromatic rings. The predicted molar refractivity (Wildman–Crippen MR) is 105 cm³/mol. The normalized spacial score (nSPS) is 12.3. The van der Waals surface area contributed by atoms with Crippen molar-refractivity contribution in [1.29, 1.82) is 0 Å². The van der Waals surface area contributed by atoms with Crippen LogP contribution in [0, 0.1) is 0 Å². The summed E-state index contributed by atoms with van der Waals surface area (Å²) < 4.78 is 59.2. The summed E-state index contributed by atoms with van der Waals surface area (Å²) in [6.07, 6.45) is -3.19. The number of carbonyl (C=O) groups excluding carboxylic acids is 1. The Bertz CT molecular complexity index is 773. The van der Waals surface area contributed by atoms with E-state index in [1.165, 1.54) is 12.1 Å². The molecule has 0 spiro atoms. The van der Waals surface area contributed by atoms with E-state index in [4.69, 9.17) is 18.9 Å². The predicted octanol–water partition coefficient (Wildman–Crippen LogP) is 5.62. The third-order valence-electron chi connectivity index (χ3n) is 4.00. The summed E-state index contributed by atoms with van der Waals surface area (Å²) in [7, 11) is 0. The lowest BCUT2D eigenvalue weighted by Crippen LogP contribution is -2.27. The zero-order valence-electron chi connectivity index (χ0n) is 16.9. The van der Waals surface area contributed by atoms with E-state index >= 15 is 0 Å². The molecular formula is C22H25F3O5. The lowest BCUT2D eigenvalue weighted by Gasteiger charge is -2.14. The van der Waals surface area contributed by atoms with Crippen molar-refractivity contribution in [1.82, 2.24) is 0 Å². The molecule has 0 amide bonds. The van der Waals surface area contributed by atoms with E-state index in [0.29, 0.717) is 24.7 Å². The number of benzene rings is 2. The van der Waals surface area contributed by atoms with Gasteiger partial charge in [-0.2, -0.15) is 13.2 Å². The summed E-state index contributed by atoms with van der Waals surface area (Å²) in [5.74, 6) is 0.619. The number of hydrogen-bond acceptors (Lipinski definition) is 5. The molecule has 0 aliphatic heterocycles. The van der Waals surface area contributed by atoms with Crippen molar-refractivity contribution in [3.8, 4) is 17.2 Å². The van der Waals surface area contributed by atoms with Gasteiger partial charge in [0.25, 0.3) is 0 Å². The average molecular weight is 426 g/mol. The van der Waals surface area contributed by atoms with Crippen LogP contribution >= 0.6 is 0 Å². The van der Waals surface area contributed by atoms with Crippen molar-refractivity contribution in [3.63, 3.8) is 0 Å². The van der Waals surface area contributed by atoms with Gasteiger partial charge in [-0.05, 0) is 61.9 Å². The van der Waals surface area contributed by atoms with Crippen LogP contribution in [0.4, 0.5) is 13.2 Å². The molecule has 2 aromatic carbocycles. The third-order valence-corrected chi connectivity index (χ3v) is 4.00. The number of unbranched alkanes of at least 4 members (excludes halogenated alkanes) is 1. The van der Waals surface area contributed by atoms with Crippen molar-refractivity contribution in [2.75, 3.05) is 19.8 Å². The van der Waals surface area contributed by atoms with Crippen LogP contribution in [-0.4, -0.2) is 31.9 Å². The van der Waals surface area contributed by atoms with Crippen molar-refractivity contribution in [2.24, 2.45) is 0 Å². The van der Waals surface area contributed by atoms with E-state index in [1.54, 1.807) is 31.2 Å². The minimum Gasteiger partial charge on any atom is -0.479 e. The van der Waals surface area contributed by atoms with Gasteiger partial charge in [0, 0.05) is 6.61 Å². The largest absolute Gasteiger partial charge is 0.479 e. The first-order chi connectivity index (χ1) is 14.3. The van der Waals surface area contributed by atoms with E-state index in [1.807, 2.05) is 0 Å². The number of carbonyl (C=O) groups is 1. The second kappa shape index (κ2) is 11.4. The van der Waals surface area contributed by atoms with Gasteiger partial charge in [-0.3, -0.25) is 0 Å². The van der Waals surface area contributed by atoms with Crippen molar-refractivity contribution in [3.05, 3.63) is 54.1 Å². The molecule has 2 rings (SSSR count). The number of alkyl halides is 3. The molecule has 0 aliphatic rings. The highest BCUT2D eigenvalue weighted by molar-refractivity contribution is 5.74. The molecule has 0 aliphatic carbocycles. The van der Waals surface area contributed by atoms with E-state index in [2.05, 4.69) is 6.92 Å². The Labute approximate surface area is 173 Å². The molecule has 8 heteroatoms. The van der Waals surface area contributed by atoms with E-state index in [0.717, 1.165) is 25.0 Å². The fourth-order valence-corrected chi connectivity index (χ4v) is 2.35. The maximum atomic E-state index is 12.6. The molecule has 1 unspecified atom stereocenters. The molecule has 0 heterocycles. The van der Waals surface area contributed by atoms with Gasteiger partial charge < -0.3 is 18.9 Å². The van der Waals surface area contributed by atoms with Crippen LogP contribution in [0.15, 0.2) is 48.5 Å². The maximum absolute atomic E-state index is 12.6. The zero-order chi connectivity index (χ0) is 22.0. The zero-order valence-corrected chi connectivity index (χ0v) is 16.9. The molecule has 0 aromatic heterocycles. The fourth-order valence-electron chi connectivity index (χ4n) is 2.35. The Morgan fingerprint density at radius 3 is 2.03 bits per heavy atom. The fraction of sp³-hybridized carbons (Fsp3) is 0.409. The van der Waals surface area contributed by atoms with Gasteiger partial charge >= 0.3 is 12.1 Å². The standard InChI is InChI=1S/C22H25F3O5/c1-3-4-13-27-14-15-28-21(26)16(2)29-18-9-11-20(12-10-18)30-19-7-5-17(6-8-19)22(23,24)25/h5-12,16H,3-4,13-15H2,1-2H3. The molecule has 1 atom stereocenters. The Kier molecular flexibility index (Phi) is 8.98. The quantitative estimate of drug-likeness (QED) is 0.345. The minimum atomic E-state index is -4.39. The van der Waals surface area contributed by atoms with Gasteiger partial charge in [0.1, 0.15) is 23.9 Å². The summed E-state index contributed by atoms with van der Waals surface area (Å²) >= 11 is 0. The molecule has 0 bridgehead atoms. The van der Waals surface area contributed by atoms with Crippen molar-refractivity contribution in [2.45, 2.75) is 39.0 Å². The highest BCUT2D eigenvalue weighted by atomic mass is 19.4. The van der Waals surface area contributed by atoms with Crippen LogP contribution in [-0.2, 0) is 20.4 Å². The molecule has 164 valence electrons. The highest BCUT2D eigenvalue weighted by Crippen LogP contribution is 2.31. The average Bonchev–Trinajstić information content (AvgIpc) is 2.71. The van der Waals surface area contributed by atoms with Gasteiger partial charge in [0.15, 0.2) is 6.10 Å². The number of ether oxygens (including phenoxy) is 4. The molecule has 0 saturated carbocycles. The molecule has 0 N–H and O–H groups in total. The van der Waals surface area contributed by atoms with Gasteiger partial charge in [0.2, 0.25) is 0 Å². The van der Waals surface area contributed by atoms with Crippen LogP contribution in [0.1, 0.15) is 32.3 Å². The SMILES string of the molecule is CCCCOCCOC(=O)C(C)Oc1ccc(Oc2ccc(C(F)(F)F)cc2)cc1. The minimum absolute atomic E-state index is 0.163. The van der Waals surface area contributed by atoms with E-state index < -0.39 is 23.8 Å². The van der Waals surface area contributed by atoms with Crippen LogP contribution in [0.25, 0.3) is 0 Å². The molecule has 0 fully saturated rings. The monoisotopic (exact) mass is 426 g/mol. The maximum Gasteiger partial charge on any atom is 0.416 e. The highest BCUT2D eigenvalue weighted by Gasteiger charge is 2.30. The first kappa shape index (κ1) is 23.5. The van der Waals surface area contributed by atoms with Gasteiger partial charge in [-0.15, -0.1) is 0 Å². The molecule has 0 saturated heterocycles. The van der Waals surface area contributed by atoms with E-state index in [9.17, 15) is 18.0 Å². The van der Waals surface area contributed by atoms with Crippen molar-refractivity contribution < 1.29 is 36.9 Å².